The van der Waals surface area contributed by atoms with Crippen molar-refractivity contribution in [2.45, 2.75) is 122 Å². The molecule has 0 heterocycles. The van der Waals surface area contributed by atoms with E-state index in [1.807, 2.05) is 21.1 Å². The van der Waals surface area contributed by atoms with Gasteiger partial charge in [0.15, 0.2) is 0 Å². The normalized spacial score (nSPS) is 14.4. The SMILES string of the molecule is CCCCCCCCCCCCCCCCCCC(COP(=O)(O)OCC[N+](C)(C)C)OC(=O)OC. The standard InChI is InChI=1S/C27H56NO7P/c1-6-7-8-9-10-11-12-13-14-15-16-17-18-19-20-21-22-26(35-27(29)32-5)25-34-36(30,31)33-24-23-28(2,3)4/h26H,6-25H2,1-5H3/p+1. The third-order valence-corrected chi connectivity index (χ3v) is 7.23. The van der Waals surface area contributed by atoms with Crippen molar-refractivity contribution < 1.29 is 37.3 Å². The van der Waals surface area contributed by atoms with E-state index in [4.69, 9.17) is 13.8 Å². The van der Waals surface area contributed by atoms with Crippen molar-refractivity contribution in [3.63, 3.8) is 0 Å². The number of carbonyl (C=O) groups excluding carboxylic acids is 1. The first-order valence-electron chi connectivity index (χ1n) is 14.3. The second-order valence-corrected chi connectivity index (χ2v) is 12.4. The predicted octanol–water partition coefficient (Wildman–Crippen LogP) is 7.63. The summed E-state index contributed by atoms with van der Waals surface area (Å²) in [5.74, 6) is 0. The summed E-state index contributed by atoms with van der Waals surface area (Å²) in [4.78, 5) is 21.4. The summed E-state index contributed by atoms with van der Waals surface area (Å²) >= 11 is 0. The number of unbranched alkanes of at least 4 members (excludes halogenated alkanes) is 15. The molecular weight excluding hydrogens is 481 g/mol. The highest BCUT2D eigenvalue weighted by Gasteiger charge is 2.26. The molecule has 2 atom stereocenters. The summed E-state index contributed by atoms with van der Waals surface area (Å²) in [5, 5.41) is 0. The summed E-state index contributed by atoms with van der Waals surface area (Å²) in [6, 6.07) is 0. The van der Waals surface area contributed by atoms with E-state index in [-0.39, 0.29) is 13.2 Å². The van der Waals surface area contributed by atoms with E-state index in [1.54, 1.807) is 0 Å². The molecule has 0 fully saturated rings. The molecule has 0 spiro atoms. The van der Waals surface area contributed by atoms with Gasteiger partial charge in [-0.15, -0.1) is 0 Å². The van der Waals surface area contributed by atoms with E-state index < -0.39 is 20.1 Å². The molecule has 1 N–H and O–H groups in total. The summed E-state index contributed by atoms with van der Waals surface area (Å²) < 4.78 is 32.6. The molecule has 2 unspecified atom stereocenters. The number of likely N-dealkylation sites (N-methyl/N-ethyl adjacent to an activating group) is 1. The zero-order valence-electron chi connectivity index (χ0n) is 24.0. The lowest BCUT2D eigenvalue weighted by atomic mass is 10.0. The van der Waals surface area contributed by atoms with Crippen LogP contribution in [0.3, 0.4) is 0 Å². The van der Waals surface area contributed by atoms with Gasteiger partial charge in [-0.1, -0.05) is 103 Å². The van der Waals surface area contributed by atoms with Crippen molar-refractivity contribution in [1.82, 2.24) is 0 Å². The minimum atomic E-state index is -4.20. The fourth-order valence-electron chi connectivity index (χ4n) is 3.93. The van der Waals surface area contributed by atoms with Crippen molar-refractivity contribution >= 4 is 14.0 Å². The first-order chi connectivity index (χ1) is 17.1. The Bertz CT molecular complexity index is 569. The molecular formula is C27H57NO7P+. The van der Waals surface area contributed by atoms with Crippen LogP contribution in [0.15, 0.2) is 0 Å². The molecule has 36 heavy (non-hydrogen) atoms. The number of rotatable bonds is 25. The van der Waals surface area contributed by atoms with Crippen LogP contribution in [0.5, 0.6) is 0 Å². The highest BCUT2D eigenvalue weighted by atomic mass is 31.2. The van der Waals surface area contributed by atoms with Gasteiger partial charge in [-0.25, -0.2) is 9.36 Å². The number of nitrogens with zero attached hydrogens (tertiary/aromatic N) is 1. The molecule has 216 valence electrons. The van der Waals surface area contributed by atoms with E-state index in [1.165, 1.54) is 90.6 Å². The van der Waals surface area contributed by atoms with Gasteiger partial charge in [0, 0.05) is 0 Å². The number of quaternary nitrogens is 1. The van der Waals surface area contributed by atoms with Crippen LogP contribution < -0.4 is 0 Å². The molecule has 0 saturated heterocycles. The van der Waals surface area contributed by atoms with E-state index in [9.17, 15) is 14.3 Å². The molecule has 0 aromatic rings. The van der Waals surface area contributed by atoms with Crippen LogP contribution in [0.4, 0.5) is 4.79 Å². The quantitative estimate of drug-likeness (QED) is 0.0553. The molecule has 9 heteroatoms. The number of ether oxygens (including phenoxy) is 2. The molecule has 0 amide bonds. The zero-order chi connectivity index (χ0) is 27.1. The average Bonchev–Trinajstić information content (AvgIpc) is 2.81. The van der Waals surface area contributed by atoms with E-state index in [0.29, 0.717) is 17.4 Å². The number of phosphoric acid groups is 1. The third kappa shape index (κ3) is 25.0. The molecule has 0 bridgehead atoms. The zero-order valence-corrected chi connectivity index (χ0v) is 24.9. The first-order valence-corrected chi connectivity index (χ1v) is 15.8. The van der Waals surface area contributed by atoms with Crippen molar-refractivity contribution in [3.05, 3.63) is 0 Å². The summed E-state index contributed by atoms with van der Waals surface area (Å²) in [7, 11) is 2.92. The number of hydrogen-bond acceptors (Lipinski definition) is 6. The molecule has 0 aromatic heterocycles. The molecule has 0 rings (SSSR count). The highest BCUT2D eigenvalue weighted by Crippen LogP contribution is 2.43. The first kappa shape index (κ1) is 35.3. The van der Waals surface area contributed by atoms with Crippen LogP contribution in [-0.4, -0.2) is 69.6 Å². The summed E-state index contributed by atoms with van der Waals surface area (Å²) in [5.41, 5.74) is 0. The number of phosphoric ester groups is 1. The lowest BCUT2D eigenvalue weighted by Crippen LogP contribution is -2.37. The molecule has 0 aromatic carbocycles. The van der Waals surface area contributed by atoms with Crippen molar-refractivity contribution in [1.29, 1.82) is 0 Å². The second kappa shape index (κ2) is 22.3. The van der Waals surface area contributed by atoms with Gasteiger partial charge in [0.25, 0.3) is 0 Å². The molecule has 0 aliphatic carbocycles. The van der Waals surface area contributed by atoms with Gasteiger partial charge in [-0.3, -0.25) is 9.05 Å². The molecule has 0 radical (unpaired) electrons. The largest absolute Gasteiger partial charge is 0.508 e. The maximum absolute atomic E-state index is 12.1. The van der Waals surface area contributed by atoms with Crippen LogP contribution in [0, 0.1) is 0 Å². The van der Waals surface area contributed by atoms with Gasteiger partial charge in [0.2, 0.25) is 0 Å². The topological polar surface area (TPSA) is 91.3 Å². The monoisotopic (exact) mass is 538 g/mol. The Labute approximate surface area is 221 Å². The van der Waals surface area contributed by atoms with Gasteiger partial charge in [-0.05, 0) is 12.8 Å². The van der Waals surface area contributed by atoms with Gasteiger partial charge in [0.05, 0.1) is 34.9 Å². The van der Waals surface area contributed by atoms with Gasteiger partial charge < -0.3 is 18.9 Å². The third-order valence-electron chi connectivity index (χ3n) is 6.25. The molecule has 0 aliphatic rings. The summed E-state index contributed by atoms with van der Waals surface area (Å²) in [6.07, 6.45) is 19.6. The second-order valence-electron chi connectivity index (χ2n) is 10.9. The van der Waals surface area contributed by atoms with Crippen molar-refractivity contribution in [2.24, 2.45) is 0 Å². The average molecular weight is 539 g/mol. The van der Waals surface area contributed by atoms with Gasteiger partial charge in [-0.2, -0.15) is 0 Å². The van der Waals surface area contributed by atoms with Crippen LogP contribution >= 0.6 is 7.82 Å². The minimum absolute atomic E-state index is 0.0962. The van der Waals surface area contributed by atoms with Gasteiger partial charge in [0.1, 0.15) is 19.3 Å². The Morgan fingerprint density at radius 1 is 0.778 bits per heavy atom. The highest BCUT2D eigenvalue weighted by molar-refractivity contribution is 7.47. The Kier molecular flexibility index (Phi) is 21.9. The molecule has 8 nitrogen and oxygen atoms in total. The number of carbonyl (C=O) groups is 1. The Morgan fingerprint density at radius 2 is 1.22 bits per heavy atom. The van der Waals surface area contributed by atoms with Crippen molar-refractivity contribution in [2.75, 3.05) is 48.0 Å². The van der Waals surface area contributed by atoms with E-state index in [2.05, 4.69) is 11.7 Å². The van der Waals surface area contributed by atoms with Crippen LogP contribution in [0.1, 0.15) is 116 Å². The Hall–Kier alpha value is -0.660. The van der Waals surface area contributed by atoms with E-state index in [0.717, 1.165) is 19.3 Å². The Balaban J connectivity index is 3.88. The molecule has 0 aliphatic heterocycles. The molecule has 0 saturated carbocycles. The van der Waals surface area contributed by atoms with Crippen LogP contribution in [0.25, 0.3) is 0 Å². The minimum Gasteiger partial charge on any atom is -0.438 e. The maximum Gasteiger partial charge on any atom is 0.508 e. The maximum atomic E-state index is 12.1. The lowest BCUT2D eigenvalue weighted by Gasteiger charge is -2.24. The van der Waals surface area contributed by atoms with E-state index >= 15 is 0 Å². The van der Waals surface area contributed by atoms with Gasteiger partial charge >= 0.3 is 14.0 Å². The lowest BCUT2D eigenvalue weighted by molar-refractivity contribution is -0.870. The fourth-order valence-corrected chi connectivity index (χ4v) is 4.67. The van der Waals surface area contributed by atoms with Crippen molar-refractivity contribution in [3.8, 4) is 0 Å². The predicted molar refractivity (Wildman–Crippen MR) is 146 cm³/mol. The smallest absolute Gasteiger partial charge is 0.438 e. The Morgan fingerprint density at radius 3 is 1.64 bits per heavy atom. The number of hydrogen-bond donors (Lipinski definition) is 1. The fraction of sp³-hybridized carbons (Fsp3) is 0.963. The van der Waals surface area contributed by atoms with Crippen LogP contribution in [-0.2, 0) is 23.1 Å². The van der Waals surface area contributed by atoms with Crippen LogP contribution in [0.2, 0.25) is 0 Å². The number of methoxy groups -OCH3 is 1. The summed E-state index contributed by atoms with van der Waals surface area (Å²) in [6.45, 7) is 2.72.